The second kappa shape index (κ2) is 8.17. The molecule has 0 fully saturated rings. The summed E-state index contributed by atoms with van der Waals surface area (Å²) in [6.45, 7) is 0.767. The zero-order valence-corrected chi connectivity index (χ0v) is 14.0. The largest absolute Gasteiger partial charge is 0.361 e. The van der Waals surface area contributed by atoms with Gasteiger partial charge in [0.15, 0.2) is 5.11 Å². The summed E-state index contributed by atoms with van der Waals surface area (Å²) >= 11 is 5.23. The molecule has 1 aromatic heterocycles. The molecule has 2 N–H and O–H groups in total. The third kappa shape index (κ3) is 4.36. The quantitative estimate of drug-likeness (QED) is 0.427. The Hall–Kier alpha value is -2.79. The van der Waals surface area contributed by atoms with E-state index in [2.05, 4.69) is 33.0 Å². The van der Waals surface area contributed by atoms with Crippen LogP contribution in [0.3, 0.4) is 0 Å². The van der Waals surface area contributed by atoms with Crippen LogP contribution in [0.25, 0.3) is 10.9 Å². The molecule has 0 amide bonds. The third-order valence-electron chi connectivity index (χ3n) is 3.59. The molecule has 2 aromatic carbocycles. The molecule has 4 nitrogen and oxygen atoms in total. The lowest BCUT2D eigenvalue weighted by Crippen LogP contribution is -2.33. The zero-order chi connectivity index (χ0) is 16.6. The van der Waals surface area contributed by atoms with Crippen LogP contribution in [-0.4, -0.2) is 22.9 Å². The van der Waals surface area contributed by atoms with E-state index in [1.54, 1.807) is 12.4 Å². The predicted octanol–water partition coefficient (Wildman–Crippen LogP) is 3.28. The summed E-state index contributed by atoms with van der Waals surface area (Å²) in [6, 6.07) is 20.2. The number of rotatable bonds is 5. The van der Waals surface area contributed by atoms with Crippen molar-refractivity contribution in [3.05, 3.63) is 78.0 Å². The van der Waals surface area contributed by atoms with Crippen molar-refractivity contribution in [2.45, 2.75) is 6.42 Å². The van der Waals surface area contributed by atoms with Gasteiger partial charge in [-0.15, -0.1) is 0 Å². The van der Waals surface area contributed by atoms with Gasteiger partial charge in [0.2, 0.25) is 0 Å². The molecule has 1 heterocycles. The number of hydrogen-bond donors (Lipinski definition) is 2. The fourth-order valence-corrected chi connectivity index (χ4v) is 2.55. The summed E-state index contributed by atoms with van der Waals surface area (Å²) in [5, 5.41) is 8.94. The Morgan fingerprint density at radius 2 is 1.83 bits per heavy atom. The van der Waals surface area contributed by atoms with Crippen molar-refractivity contribution >= 4 is 34.4 Å². The summed E-state index contributed by atoms with van der Waals surface area (Å²) in [7, 11) is 0. The molecule has 24 heavy (non-hydrogen) atoms. The van der Waals surface area contributed by atoms with Gasteiger partial charge in [-0.2, -0.15) is 5.10 Å². The summed E-state index contributed by atoms with van der Waals surface area (Å²) in [5.41, 5.74) is 6.08. The van der Waals surface area contributed by atoms with Gasteiger partial charge in [0.25, 0.3) is 0 Å². The number of thiocarbonyl (C=S) groups is 1. The number of nitrogens with zero attached hydrogens (tertiary/aromatic N) is 2. The van der Waals surface area contributed by atoms with Crippen LogP contribution in [0, 0.1) is 0 Å². The standard InChI is InChI=1S/C19H18N4S/c24-19(21-12-10-15-6-2-1-3-7-15)23-22-14-16-11-13-20-18-9-5-4-8-17(16)18/h1-9,11,13-14H,10,12H2,(H2,21,23,24)/b22-14-. The molecule has 0 radical (unpaired) electrons. The molecule has 3 aromatic rings. The highest BCUT2D eigenvalue weighted by molar-refractivity contribution is 7.80. The van der Waals surface area contributed by atoms with Crippen molar-refractivity contribution < 1.29 is 0 Å². The van der Waals surface area contributed by atoms with E-state index in [4.69, 9.17) is 12.2 Å². The minimum Gasteiger partial charge on any atom is -0.361 e. The molecule has 120 valence electrons. The van der Waals surface area contributed by atoms with Crippen LogP contribution in [0.4, 0.5) is 0 Å². The van der Waals surface area contributed by atoms with Crippen LogP contribution in [-0.2, 0) is 6.42 Å². The first-order chi connectivity index (χ1) is 11.8. The topological polar surface area (TPSA) is 49.3 Å². The van der Waals surface area contributed by atoms with Gasteiger partial charge >= 0.3 is 0 Å². The number of fused-ring (bicyclic) bond motifs is 1. The molecule has 0 aliphatic rings. The SMILES string of the molecule is S=C(NCCc1ccccc1)N/N=C\c1ccnc2ccccc12. The number of hydrazone groups is 1. The number of aromatic nitrogens is 1. The van der Waals surface area contributed by atoms with Crippen molar-refractivity contribution in [3.8, 4) is 0 Å². The van der Waals surface area contributed by atoms with E-state index in [0.29, 0.717) is 5.11 Å². The Balaban J connectivity index is 1.51. The summed E-state index contributed by atoms with van der Waals surface area (Å²) in [5.74, 6) is 0. The van der Waals surface area contributed by atoms with Crippen molar-refractivity contribution in [3.63, 3.8) is 0 Å². The highest BCUT2D eigenvalue weighted by atomic mass is 32.1. The Labute approximate surface area is 146 Å². The lowest BCUT2D eigenvalue weighted by molar-refractivity contribution is 0.838. The summed E-state index contributed by atoms with van der Waals surface area (Å²) in [6.07, 6.45) is 4.46. The first-order valence-electron chi connectivity index (χ1n) is 7.77. The van der Waals surface area contributed by atoms with Crippen LogP contribution < -0.4 is 10.7 Å². The molecule has 0 aliphatic carbocycles. The third-order valence-corrected chi connectivity index (χ3v) is 3.83. The van der Waals surface area contributed by atoms with Crippen LogP contribution >= 0.6 is 12.2 Å². The Bertz CT molecular complexity index is 841. The van der Waals surface area contributed by atoms with Crippen LogP contribution in [0.2, 0.25) is 0 Å². The van der Waals surface area contributed by atoms with Crippen LogP contribution in [0.1, 0.15) is 11.1 Å². The molecule has 0 spiro atoms. The van der Waals surface area contributed by atoms with E-state index in [0.717, 1.165) is 29.4 Å². The van der Waals surface area contributed by atoms with Gasteiger partial charge in [0.05, 0.1) is 11.7 Å². The van der Waals surface area contributed by atoms with Gasteiger partial charge in [-0.1, -0.05) is 48.5 Å². The monoisotopic (exact) mass is 334 g/mol. The van der Waals surface area contributed by atoms with Crippen molar-refractivity contribution in [1.82, 2.24) is 15.7 Å². The molecule has 3 rings (SSSR count). The second-order valence-electron chi connectivity index (χ2n) is 5.28. The zero-order valence-electron chi connectivity index (χ0n) is 13.1. The highest BCUT2D eigenvalue weighted by Gasteiger charge is 1.98. The Kier molecular flexibility index (Phi) is 5.48. The van der Waals surface area contributed by atoms with Crippen LogP contribution in [0.5, 0.6) is 0 Å². The predicted molar refractivity (Wildman–Crippen MR) is 103 cm³/mol. The molecule has 0 saturated carbocycles. The number of para-hydroxylation sites is 1. The molecule has 0 aliphatic heterocycles. The lowest BCUT2D eigenvalue weighted by Gasteiger charge is -2.07. The Morgan fingerprint density at radius 3 is 2.71 bits per heavy atom. The highest BCUT2D eigenvalue weighted by Crippen LogP contribution is 2.13. The molecule has 0 unspecified atom stereocenters. The van der Waals surface area contributed by atoms with Crippen molar-refractivity contribution in [2.24, 2.45) is 5.10 Å². The average molecular weight is 334 g/mol. The van der Waals surface area contributed by atoms with E-state index in [1.807, 2.05) is 48.5 Å². The first kappa shape index (κ1) is 16.1. The fraction of sp³-hybridized carbons (Fsp3) is 0.105. The maximum Gasteiger partial charge on any atom is 0.186 e. The smallest absolute Gasteiger partial charge is 0.186 e. The Morgan fingerprint density at radius 1 is 1.04 bits per heavy atom. The average Bonchev–Trinajstić information content (AvgIpc) is 2.63. The van der Waals surface area contributed by atoms with Gasteiger partial charge in [-0.05, 0) is 36.3 Å². The van der Waals surface area contributed by atoms with Gasteiger partial charge in [-0.3, -0.25) is 10.4 Å². The molecular formula is C19H18N4S. The van der Waals surface area contributed by atoms with Crippen LogP contribution in [0.15, 0.2) is 72.0 Å². The first-order valence-corrected chi connectivity index (χ1v) is 8.18. The van der Waals surface area contributed by atoms with E-state index >= 15 is 0 Å². The van der Waals surface area contributed by atoms with E-state index in [1.165, 1.54) is 5.56 Å². The van der Waals surface area contributed by atoms with Crippen molar-refractivity contribution in [2.75, 3.05) is 6.54 Å². The maximum atomic E-state index is 5.23. The second-order valence-corrected chi connectivity index (χ2v) is 5.69. The van der Waals surface area contributed by atoms with E-state index in [9.17, 15) is 0 Å². The summed E-state index contributed by atoms with van der Waals surface area (Å²) < 4.78 is 0. The van der Waals surface area contributed by atoms with Gasteiger partial charge < -0.3 is 5.32 Å². The molecule has 0 bridgehead atoms. The number of nitrogens with one attached hydrogen (secondary N) is 2. The number of hydrogen-bond acceptors (Lipinski definition) is 3. The van der Waals surface area contributed by atoms with E-state index < -0.39 is 0 Å². The van der Waals surface area contributed by atoms with E-state index in [-0.39, 0.29) is 0 Å². The minimum absolute atomic E-state index is 0.514. The minimum atomic E-state index is 0.514. The number of pyridine rings is 1. The van der Waals surface area contributed by atoms with Crippen molar-refractivity contribution in [1.29, 1.82) is 0 Å². The fourth-order valence-electron chi connectivity index (χ4n) is 2.40. The molecule has 5 heteroatoms. The normalized spacial score (nSPS) is 10.8. The van der Waals surface area contributed by atoms with Gasteiger partial charge in [0.1, 0.15) is 0 Å². The summed E-state index contributed by atoms with van der Waals surface area (Å²) in [4.78, 5) is 4.33. The maximum absolute atomic E-state index is 5.23. The molecular weight excluding hydrogens is 316 g/mol. The van der Waals surface area contributed by atoms with Gasteiger partial charge in [0, 0.05) is 23.7 Å². The van der Waals surface area contributed by atoms with Gasteiger partial charge in [-0.25, -0.2) is 0 Å². The molecule has 0 saturated heterocycles. The molecule has 0 atom stereocenters. The lowest BCUT2D eigenvalue weighted by atomic mass is 10.1. The number of benzene rings is 2.